The smallest absolute Gasteiger partial charge is 0.408 e. The van der Waals surface area contributed by atoms with Crippen LogP contribution >= 0.6 is 0 Å². The molecule has 0 saturated heterocycles. The predicted octanol–water partition coefficient (Wildman–Crippen LogP) is 6.00. The van der Waals surface area contributed by atoms with Crippen LogP contribution in [0.3, 0.4) is 0 Å². The number of anilines is 1. The fraction of sp³-hybridized carbons (Fsp3) is 0.500. The minimum atomic E-state index is -0.905. The van der Waals surface area contributed by atoms with Gasteiger partial charge in [-0.2, -0.15) is 0 Å². The van der Waals surface area contributed by atoms with Crippen LogP contribution in [0.25, 0.3) is 0 Å². The van der Waals surface area contributed by atoms with E-state index in [0.29, 0.717) is 12.0 Å². The number of alkyl carbamates (subject to hydrolysis) is 1. The molecule has 0 aromatic heterocycles. The van der Waals surface area contributed by atoms with Gasteiger partial charge in [-0.1, -0.05) is 67.8 Å². The van der Waals surface area contributed by atoms with Crippen LogP contribution in [0.1, 0.15) is 74.9 Å². The number of likely N-dealkylation sites (N-methyl/N-ethyl adjacent to an activating group) is 1. The second-order valence-corrected chi connectivity index (χ2v) is 11.0. The molecule has 3 amide bonds. The van der Waals surface area contributed by atoms with Crippen LogP contribution in [0.4, 0.5) is 10.5 Å². The number of hydrogen-bond acceptors (Lipinski definition) is 4. The van der Waals surface area contributed by atoms with E-state index in [1.54, 1.807) is 27.8 Å². The zero-order valence-corrected chi connectivity index (χ0v) is 24.0. The van der Waals surface area contributed by atoms with Crippen molar-refractivity contribution >= 4 is 23.6 Å². The zero-order valence-electron chi connectivity index (χ0n) is 24.0. The summed E-state index contributed by atoms with van der Waals surface area (Å²) >= 11 is 0. The SMILES string of the molecule is CCC(C)C(NC(=O)OC(C)(C)C)C(=O)N(C)C(C(=O)Nc1c(C)cccc1C)c1cc(C)cc(C)c1. The molecule has 0 aliphatic heterocycles. The molecule has 3 unspecified atom stereocenters. The largest absolute Gasteiger partial charge is 0.444 e. The Morgan fingerprint density at radius 2 is 1.51 bits per heavy atom. The van der Waals surface area contributed by atoms with E-state index < -0.39 is 23.8 Å². The molecule has 3 atom stereocenters. The summed E-state index contributed by atoms with van der Waals surface area (Å²) in [5.74, 6) is -0.858. The molecule has 0 aliphatic rings. The van der Waals surface area contributed by atoms with Gasteiger partial charge in [0, 0.05) is 12.7 Å². The van der Waals surface area contributed by atoms with E-state index in [9.17, 15) is 14.4 Å². The molecule has 2 N–H and O–H groups in total. The molecule has 202 valence electrons. The van der Waals surface area contributed by atoms with Gasteiger partial charge in [0.1, 0.15) is 17.7 Å². The van der Waals surface area contributed by atoms with Crippen LogP contribution in [0.2, 0.25) is 0 Å². The maximum Gasteiger partial charge on any atom is 0.408 e. The summed E-state index contributed by atoms with van der Waals surface area (Å²) in [6, 6.07) is 9.92. The molecule has 0 bridgehead atoms. The van der Waals surface area contributed by atoms with Gasteiger partial charge in [0.25, 0.3) is 5.91 Å². The minimum Gasteiger partial charge on any atom is -0.444 e. The molecule has 0 aliphatic carbocycles. The number of amides is 3. The van der Waals surface area contributed by atoms with Crippen molar-refractivity contribution in [3.05, 3.63) is 64.2 Å². The van der Waals surface area contributed by atoms with Crippen LogP contribution < -0.4 is 10.6 Å². The molecule has 0 saturated carbocycles. The highest BCUT2D eigenvalue weighted by Crippen LogP contribution is 2.28. The average molecular weight is 510 g/mol. The fourth-order valence-corrected chi connectivity index (χ4v) is 4.39. The van der Waals surface area contributed by atoms with E-state index >= 15 is 0 Å². The van der Waals surface area contributed by atoms with Crippen molar-refractivity contribution in [3.63, 3.8) is 0 Å². The summed E-state index contributed by atoms with van der Waals surface area (Å²) in [5, 5.41) is 5.82. The first-order valence-corrected chi connectivity index (χ1v) is 12.9. The Morgan fingerprint density at radius 3 is 2.00 bits per heavy atom. The molecule has 37 heavy (non-hydrogen) atoms. The average Bonchev–Trinajstić information content (AvgIpc) is 2.77. The molecule has 0 radical (unpaired) electrons. The predicted molar refractivity (Wildman–Crippen MR) is 149 cm³/mol. The quantitative estimate of drug-likeness (QED) is 0.457. The lowest BCUT2D eigenvalue weighted by molar-refractivity contribution is -0.140. The van der Waals surface area contributed by atoms with Gasteiger partial charge in [-0.3, -0.25) is 9.59 Å². The highest BCUT2D eigenvalue weighted by Gasteiger charge is 2.36. The maximum absolute atomic E-state index is 13.9. The first-order chi connectivity index (χ1) is 17.1. The van der Waals surface area contributed by atoms with Crippen molar-refractivity contribution in [3.8, 4) is 0 Å². The van der Waals surface area contributed by atoms with E-state index in [2.05, 4.69) is 10.6 Å². The molecule has 0 heterocycles. The van der Waals surface area contributed by atoms with Gasteiger partial charge in [0.15, 0.2) is 0 Å². The minimum absolute atomic E-state index is 0.177. The van der Waals surface area contributed by atoms with Crippen LogP contribution in [0.5, 0.6) is 0 Å². The lowest BCUT2D eigenvalue weighted by Gasteiger charge is -2.34. The van der Waals surface area contributed by atoms with Crippen LogP contribution in [-0.4, -0.2) is 41.5 Å². The second kappa shape index (κ2) is 12.3. The number of aryl methyl sites for hydroxylation is 4. The first kappa shape index (κ1) is 29.9. The van der Waals surface area contributed by atoms with Gasteiger partial charge in [-0.05, 0) is 71.1 Å². The molecule has 0 spiro atoms. The molecule has 0 fully saturated rings. The summed E-state index contributed by atoms with van der Waals surface area (Å²) in [6.07, 6.45) is -0.00874. The third-order valence-corrected chi connectivity index (χ3v) is 6.42. The Balaban J connectivity index is 2.50. The Hall–Kier alpha value is -3.35. The Labute approximate surface area is 222 Å². The number of para-hydroxylation sites is 1. The summed E-state index contributed by atoms with van der Waals surface area (Å²) in [4.78, 5) is 41.8. The van der Waals surface area contributed by atoms with E-state index in [1.807, 2.05) is 77.9 Å². The maximum atomic E-state index is 13.9. The summed E-state index contributed by atoms with van der Waals surface area (Å²) in [7, 11) is 1.61. The number of nitrogens with zero attached hydrogens (tertiary/aromatic N) is 1. The van der Waals surface area contributed by atoms with Gasteiger partial charge < -0.3 is 20.3 Å². The van der Waals surface area contributed by atoms with Crippen LogP contribution in [0.15, 0.2) is 36.4 Å². The number of carbonyl (C=O) groups excluding carboxylic acids is 3. The van der Waals surface area contributed by atoms with E-state index in [1.165, 1.54) is 4.90 Å². The lowest BCUT2D eigenvalue weighted by atomic mass is 9.95. The highest BCUT2D eigenvalue weighted by atomic mass is 16.6. The Kier molecular flexibility index (Phi) is 9.90. The van der Waals surface area contributed by atoms with Gasteiger partial charge in [-0.15, -0.1) is 0 Å². The van der Waals surface area contributed by atoms with E-state index in [0.717, 1.165) is 27.9 Å². The summed E-state index contributed by atoms with van der Waals surface area (Å²) < 4.78 is 5.42. The number of carbonyl (C=O) groups is 3. The van der Waals surface area contributed by atoms with Crippen molar-refractivity contribution in [2.24, 2.45) is 5.92 Å². The molecule has 2 aromatic rings. The third-order valence-electron chi connectivity index (χ3n) is 6.42. The number of hydrogen-bond donors (Lipinski definition) is 2. The number of nitrogens with one attached hydrogen (secondary N) is 2. The van der Waals surface area contributed by atoms with Crippen molar-refractivity contribution in [2.45, 2.75) is 86.4 Å². The Morgan fingerprint density at radius 1 is 0.973 bits per heavy atom. The summed E-state index contributed by atoms with van der Waals surface area (Å²) in [5.41, 5.74) is 4.59. The van der Waals surface area contributed by atoms with Gasteiger partial charge in [0.2, 0.25) is 5.91 Å². The fourth-order valence-electron chi connectivity index (χ4n) is 4.39. The number of ether oxygens (including phenoxy) is 1. The summed E-state index contributed by atoms with van der Waals surface area (Å²) in [6.45, 7) is 17.0. The van der Waals surface area contributed by atoms with Crippen molar-refractivity contribution in [1.82, 2.24) is 10.2 Å². The van der Waals surface area contributed by atoms with Crippen molar-refractivity contribution in [2.75, 3.05) is 12.4 Å². The van der Waals surface area contributed by atoms with Crippen LogP contribution in [-0.2, 0) is 14.3 Å². The number of rotatable bonds is 8. The third kappa shape index (κ3) is 8.07. The zero-order chi connectivity index (χ0) is 28.1. The molecular weight excluding hydrogens is 466 g/mol. The van der Waals surface area contributed by atoms with Crippen LogP contribution in [0, 0.1) is 33.6 Å². The number of benzene rings is 2. The highest BCUT2D eigenvalue weighted by molar-refractivity contribution is 5.99. The van der Waals surface area contributed by atoms with Gasteiger partial charge in [-0.25, -0.2) is 4.79 Å². The first-order valence-electron chi connectivity index (χ1n) is 12.9. The molecule has 7 nitrogen and oxygen atoms in total. The molecule has 2 aromatic carbocycles. The normalized spacial score (nSPS) is 13.8. The topological polar surface area (TPSA) is 87.7 Å². The lowest BCUT2D eigenvalue weighted by Crippen LogP contribution is -2.53. The standard InChI is InChI=1S/C30H43N3O4/c1-11-20(4)25(32-29(36)37-30(7,8)9)28(35)33(10)26(23-16-18(2)15-19(3)17-23)27(34)31-24-21(5)13-12-14-22(24)6/h12-17,20,25-26H,11H2,1-10H3,(H,31,34)(H,32,36). The van der Waals surface area contributed by atoms with Gasteiger partial charge >= 0.3 is 6.09 Å². The van der Waals surface area contributed by atoms with Crippen molar-refractivity contribution < 1.29 is 19.1 Å². The Bertz CT molecular complexity index is 1100. The second-order valence-electron chi connectivity index (χ2n) is 11.0. The molecule has 2 rings (SSSR count). The van der Waals surface area contributed by atoms with E-state index in [4.69, 9.17) is 4.74 Å². The van der Waals surface area contributed by atoms with E-state index in [-0.39, 0.29) is 17.7 Å². The van der Waals surface area contributed by atoms with Gasteiger partial charge in [0.05, 0.1) is 0 Å². The van der Waals surface area contributed by atoms with Crippen molar-refractivity contribution in [1.29, 1.82) is 0 Å². The monoisotopic (exact) mass is 509 g/mol. The molecule has 7 heteroatoms. The molecular formula is C30H43N3O4.